The monoisotopic (exact) mass is 212 g/mol. The maximum absolute atomic E-state index is 9.06. The van der Waals surface area contributed by atoms with Gasteiger partial charge < -0.3 is 4.74 Å². The molecule has 0 saturated heterocycles. The van der Waals surface area contributed by atoms with Crippen LogP contribution in [0.4, 0.5) is 0 Å². The maximum atomic E-state index is 9.06. The standard InChI is InChI=1S/C13H12N2O/c1-3-16-12-6-4-5-11-10(8-14)7-9(2)15-13(11)12/h4-7H,3H2,1-2H3. The summed E-state index contributed by atoms with van der Waals surface area (Å²) < 4.78 is 5.50. The number of rotatable bonds is 2. The molecule has 3 heteroatoms. The zero-order chi connectivity index (χ0) is 11.5. The molecule has 0 spiro atoms. The molecule has 0 radical (unpaired) electrons. The number of ether oxygens (including phenoxy) is 1. The molecule has 0 aliphatic rings. The Morgan fingerprint density at radius 3 is 2.94 bits per heavy atom. The molecular weight excluding hydrogens is 200 g/mol. The highest BCUT2D eigenvalue weighted by molar-refractivity contribution is 5.89. The maximum Gasteiger partial charge on any atom is 0.145 e. The van der Waals surface area contributed by atoms with E-state index in [1.165, 1.54) is 0 Å². The van der Waals surface area contributed by atoms with Crippen molar-refractivity contribution in [3.05, 3.63) is 35.5 Å². The van der Waals surface area contributed by atoms with E-state index in [4.69, 9.17) is 10.00 Å². The predicted molar refractivity (Wildman–Crippen MR) is 62.4 cm³/mol. The van der Waals surface area contributed by atoms with E-state index in [-0.39, 0.29) is 0 Å². The van der Waals surface area contributed by atoms with Crippen molar-refractivity contribution in [1.29, 1.82) is 5.26 Å². The quantitative estimate of drug-likeness (QED) is 0.768. The lowest BCUT2D eigenvalue weighted by molar-refractivity contribution is 0.343. The third-order valence-electron chi connectivity index (χ3n) is 2.35. The summed E-state index contributed by atoms with van der Waals surface area (Å²) in [5, 5.41) is 9.91. The van der Waals surface area contributed by atoms with Gasteiger partial charge in [-0.3, -0.25) is 0 Å². The summed E-state index contributed by atoms with van der Waals surface area (Å²) in [6.07, 6.45) is 0. The van der Waals surface area contributed by atoms with Gasteiger partial charge in [0.25, 0.3) is 0 Å². The Labute approximate surface area is 94.3 Å². The molecule has 2 aromatic rings. The molecule has 0 saturated carbocycles. The summed E-state index contributed by atoms with van der Waals surface area (Å²) in [7, 11) is 0. The number of aromatic nitrogens is 1. The fraction of sp³-hybridized carbons (Fsp3) is 0.231. The van der Waals surface area contributed by atoms with Crippen LogP contribution in [-0.4, -0.2) is 11.6 Å². The molecule has 3 nitrogen and oxygen atoms in total. The van der Waals surface area contributed by atoms with Gasteiger partial charge in [-0.15, -0.1) is 0 Å². The molecule has 0 amide bonds. The SMILES string of the molecule is CCOc1cccc2c(C#N)cc(C)nc12. The molecule has 0 atom stereocenters. The van der Waals surface area contributed by atoms with Crippen LogP contribution in [0.15, 0.2) is 24.3 Å². The lowest BCUT2D eigenvalue weighted by Gasteiger charge is -2.08. The zero-order valence-electron chi connectivity index (χ0n) is 9.32. The smallest absolute Gasteiger partial charge is 0.145 e. The van der Waals surface area contributed by atoms with Gasteiger partial charge in [-0.05, 0) is 26.0 Å². The van der Waals surface area contributed by atoms with E-state index in [0.717, 1.165) is 22.3 Å². The van der Waals surface area contributed by atoms with E-state index in [0.29, 0.717) is 12.2 Å². The molecule has 0 N–H and O–H groups in total. The van der Waals surface area contributed by atoms with Crippen LogP contribution in [0.25, 0.3) is 10.9 Å². The summed E-state index contributed by atoms with van der Waals surface area (Å²) in [5.74, 6) is 0.736. The molecule has 2 rings (SSSR count). The van der Waals surface area contributed by atoms with Gasteiger partial charge in [0.15, 0.2) is 0 Å². The number of aryl methyl sites for hydroxylation is 1. The Hall–Kier alpha value is -2.08. The van der Waals surface area contributed by atoms with Crippen LogP contribution >= 0.6 is 0 Å². The Balaban J connectivity index is 2.78. The van der Waals surface area contributed by atoms with Crippen LogP contribution in [0.5, 0.6) is 5.75 Å². The van der Waals surface area contributed by atoms with E-state index in [1.54, 1.807) is 6.07 Å². The number of para-hydroxylation sites is 1. The molecule has 1 aromatic carbocycles. The van der Waals surface area contributed by atoms with Crippen molar-refractivity contribution in [2.45, 2.75) is 13.8 Å². The average Bonchev–Trinajstić information content (AvgIpc) is 2.29. The van der Waals surface area contributed by atoms with Crippen molar-refractivity contribution in [2.75, 3.05) is 6.61 Å². The largest absolute Gasteiger partial charge is 0.492 e. The second-order valence-electron chi connectivity index (χ2n) is 3.51. The number of hydrogen-bond acceptors (Lipinski definition) is 3. The number of benzene rings is 1. The van der Waals surface area contributed by atoms with Crippen LogP contribution in [0.2, 0.25) is 0 Å². The van der Waals surface area contributed by atoms with E-state index in [9.17, 15) is 0 Å². The highest BCUT2D eigenvalue weighted by atomic mass is 16.5. The molecule has 0 bridgehead atoms. The third kappa shape index (κ3) is 1.70. The Morgan fingerprint density at radius 2 is 2.25 bits per heavy atom. The van der Waals surface area contributed by atoms with E-state index in [2.05, 4.69) is 11.1 Å². The zero-order valence-corrected chi connectivity index (χ0v) is 9.32. The number of nitrogens with zero attached hydrogens (tertiary/aromatic N) is 2. The van der Waals surface area contributed by atoms with E-state index >= 15 is 0 Å². The van der Waals surface area contributed by atoms with Gasteiger partial charge in [-0.2, -0.15) is 5.26 Å². The molecule has 0 aliphatic heterocycles. The van der Waals surface area contributed by atoms with Crippen LogP contribution in [0.3, 0.4) is 0 Å². The van der Waals surface area contributed by atoms with Crippen molar-refractivity contribution >= 4 is 10.9 Å². The summed E-state index contributed by atoms with van der Waals surface area (Å²) in [5.41, 5.74) is 2.24. The molecule has 0 unspecified atom stereocenters. The Kier molecular flexibility index (Phi) is 2.74. The number of hydrogen-bond donors (Lipinski definition) is 0. The van der Waals surface area contributed by atoms with Crippen molar-refractivity contribution in [1.82, 2.24) is 4.98 Å². The second kappa shape index (κ2) is 4.19. The number of fused-ring (bicyclic) bond motifs is 1. The molecule has 1 aromatic heterocycles. The van der Waals surface area contributed by atoms with Gasteiger partial charge >= 0.3 is 0 Å². The summed E-state index contributed by atoms with van der Waals surface area (Å²) in [6, 6.07) is 9.62. The lowest BCUT2D eigenvalue weighted by atomic mass is 10.1. The second-order valence-corrected chi connectivity index (χ2v) is 3.51. The summed E-state index contributed by atoms with van der Waals surface area (Å²) in [6.45, 7) is 4.40. The first-order chi connectivity index (χ1) is 7.76. The molecular formula is C13H12N2O. The van der Waals surface area contributed by atoms with E-state index < -0.39 is 0 Å². The van der Waals surface area contributed by atoms with Gasteiger partial charge in [-0.25, -0.2) is 4.98 Å². The predicted octanol–water partition coefficient (Wildman–Crippen LogP) is 2.81. The minimum Gasteiger partial charge on any atom is -0.492 e. The van der Waals surface area contributed by atoms with Gasteiger partial charge in [-0.1, -0.05) is 12.1 Å². The molecule has 0 fully saturated rings. The van der Waals surface area contributed by atoms with Crippen LogP contribution in [0.1, 0.15) is 18.2 Å². The molecule has 0 aliphatic carbocycles. The van der Waals surface area contributed by atoms with Crippen molar-refractivity contribution in [3.63, 3.8) is 0 Å². The van der Waals surface area contributed by atoms with Gasteiger partial charge in [0.2, 0.25) is 0 Å². The minimum atomic E-state index is 0.594. The topological polar surface area (TPSA) is 45.9 Å². The van der Waals surface area contributed by atoms with Crippen LogP contribution in [0, 0.1) is 18.3 Å². The van der Waals surface area contributed by atoms with Crippen LogP contribution < -0.4 is 4.74 Å². The average molecular weight is 212 g/mol. The Morgan fingerprint density at radius 1 is 1.44 bits per heavy atom. The highest BCUT2D eigenvalue weighted by Gasteiger charge is 2.07. The highest BCUT2D eigenvalue weighted by Crippen LogP contribution is 2.26. The first kappa shape index (κ1) is 10.4. The third-order valence-corrected chi connectivity index (χ3v) is 2.35. The van der Waals surface area contributed by atoms with Crippen molar-refractivity contribution in [2.24, 2.45) is 0 Å². The fourth-order valence-electron chi connectivity index (χ4n) is 1.71. The number of nitriles is 1. The van der Waals surface area contributed by atoms with Crippen molar-refractivity contribution in [3.8, 4) is 11.8 Å². The van der Waals surface area contributed by atoms with Gasteiger partial charge in [0, 0.05) is 11.1 Å². The van der Waals surface area contributed by atoms with Crippen LogP contribution in [-0.2, 0) is 0 Å². The molecule has 1 heterocycles. The number of pyridine rings is 1. The lowest BCUT2D eigenvalue weighted by Crippen LogP contribution is -1.95. The van der Waals surface area contributed by atoms with Gasteiger partial charge in [0.1, 0.15) is 11.3 Å². The van der Waals surface area contributed by atoms with Crippen molar-refractivity contribution < 1.29 is 4.74 Å². The summed E-state index contributed by atoms with van der Waals surface area (Å²) >= 11 is 0. The molecule has 16 heavy (non-hydrogen) atoms. The normalized spacial score (nSPS) is 10.1. The first-order valence-corrected chi connectivity index (χ1v) is 5.19. The first-order valence-electron chi connectivity index (χ1n) is 5.19. The fourth-order valence-corrected chi connectivity index (χ4v) is 1.71. The minimum absolute atomic E-state index is 0.594. The molecule has 80 valence electrons. The summed E-state index contributed by atoms with van der Waals surface area (Å²) in [4.78, 5) is 4.43. The Bertz CT molecular complexity index is 570. The van der Waals surface area contributed by atoms with Gasteiger partial charge in [0.05, 0.1) is 18.2 Å². The van der Waals surface area contributed by atoms with E-state index in [1.807, 2.05) is 32.0 Å².